The van der Waals surface area contributed by atoms with E-state index in [4.69, 9.17) is 4.98 Å². The second-order valence-corrected chi connectivity index (χ2v) is 8.80. The van der Waals surface area contributed by atoms with Crippen LogP contribution < -0.4 is 5.56 Å². The number of para-hydroxylation sites is 1. The summed E-state index contributed by atoms with van der Waals surface area (Å²) in [4.78, 5) is 34.0. The lowest BCUT2D eigenvalue weighted by Gasteiger charge is -2.32. The van der Waals surface area contributed by atoms with Gasteiger partial charge in [-0.25, -0.2) is 9.37 Å². The molecule has 1 heterocycles. The van der Waals surface area contributed by atoms with Gasteiger partial charge in [-0.2, -0.15) is 0 Å². The molecule has 0 N–H and O–H groups in total. The molecule has 4 rings (SSSR count). The molecule has 0 bridgehead atoms. The summed E-state index contributed by atoms with van der Waals surface area (Å²) in [6, 6.07) is 18.6. The standard InChI is InChI=1S/C29H30FN3O2/c1-5-17-32(28(34)22-11-7-9-13-24(22)30)26(6-2)27-31-25-14-10-8-12-23(25)29(35)33(27)21-16-15-19(3)20(4)18-21/h7-16,18,26H,5-6,17H2,1-4H3. The van der Waals surface area contributed by atoms with Crippen molar-refractivity contribution in [2.24, 2.45) is 0 Å². The summed E-state index contributed by atoms with van der Waals surface area (Å²) in [5, 5.41) is 0.506. The van der Waals surface area contributed by atoms with Crippen molar-refractivity contribution < 1.29 is 9.18 Å². The third-order valence-corrected chi connectivity index (χ3v) is 6.44. The van der Waals surface area contributed by atoms with Crippen molar-refractivity contribution in [2.75, 3.05) is 6.54 Å². The van der Waals surface area contributed by atoms with Crippen LogP contribution in [0.4, 0.5) is 4.39 Å². The molecule has 0 fully saturated rings. The molecule has 0 radical (unpaired) electrons. The van der Waals surface area contributed by atoms with E-state index in [9.17, 15) is 14.0 Å². The molecule has 0 aliphatic rings. The molecule has 0 aliphatic heterocycles. The van der Waals surface area contributed by atoms with Crippen LogP contribution in [0.3, 0.4) is 0 Å². The fourth-order valence-electron chi connectivity index (χ4n) is 4.46. The molecular weight excluding hydrogens is 441 g/mol. The van der Waals surface area contributed by atoms with Gasteiger partial charge in [-0.1, -0.05) is 44.2 Å². The van der Waals surface area contributed by atoms with Gasteiger partial charge in [0, 0.05) is 6.54 Å². The number of aryl methyl sites for hydroxylation is 2. The average Bonchev–Trinajstić information content (AvgIpc) is 2.86. The molecule has 1 unspecified atom stereocenters. The van der Waals surface area contributed by atoms with E-state index in [-0.39, 0.29) is 11.1 Å². The molecule has 5 nitrogen and oxygen atoms in total. The van der Waals surface area contributed by atoms with Crippen LogP contribution in [0.15, 0.2) is 71.5 Å². The number of amides is 1. The number of hydrogen-bond acceptors (Lipinski definition) is 3. The van der Waals surface area contributed by atoms with E-state index in [1.165, 1.54) is 12.1 Å². The highest BCUT2D eigenvalue weighted by Gasteiger charge is 2.30. The molecule has 6 heteroatoms. The number of halogens is 1. The van der Waals surface area contributed by atoms with Crippen LogP contribution in [0.2, 0.25) is 0 Å². The molecule has 0 spiro atoms. The quantitative estimate of drug-likeness (QED) is 0.325. The molecule has 4 aromatic rings. The predicted molar refractivity (Wildman–Crippen MR) is 138 cm³/mol. The van der Waals surface area contributed by atoms with Crippen molar-refractivity contribution in [3.63, 3.8) is 0 Å². The molecule has 0 aliphatic carbocycles. The average molecular weight is 472 g/mol. The van der Waals surface area contributed by atoms with Crippen LogP contribution >= 0.6 is 0 Å². The van der Waals surface area contributed by atoms with Crippen molar-refractivity contribution in [1.82, 2.24) is 14.5 Å². The Bertz CT molecular complexity index is 1440. The van der Waals surface area contributed by atoms with Crippen LogP contribution in [0, 0.1) is 19.7 Å². The molecular formula is C29H30FN3O2. The minimum Gasteiger partial charge on any atom is -0.328 e. The smallest absolute Gasteiger partial charge is 0.266 e. The van der Waals surface area contributed by atoms with Crippen LogP contribution in [-0.2, 0) is 0 Å². The zero-order chi connectivity index (χ0) is 25.1. The zero-order valence-corrected chi connectivity index (χ0v) is 20.6. The van der Waals surface area contributed by atoms with E-state index in [1.807, 2.05) is 58.0 Å². The van der Waals surface area contributed by atoms with Gasteiger partial charge in [-0.3, -0.25) is 14.2 Å². The van der Waals surface area contributed by atoms with Gasteiger partial charge in [-0.05, 0) is 74.2 Å². The minimum absolute atomic E-state index is 0.0141. The molecule has 1 atom stereocenters. The Labute approximate surface area is 204 Å². The van der Waals surface area contributed by atoms with Crippen LogP contribution in [0.5, 0.6) is 0 Å². The third kappa shape index (κ3) is 4.61. The van der Waals surface area contributed by atoms with E-state index < -0.39 is 17.8 Å². The van der Waals surface area contributed by atoms with Gasteiger partial charge in [0.25, 0.3) is 11.5 Å². The van der Waals surface area contributed by atoms with E-state index in [2.05, 4.69) is 0 Å². The Kier molecular flexibility index (Phi) is 7.10. The van der Waals surface area contributed by atoms with E-state index in [0.717, 1.165) is 11.1 Å². The third-order valence-electron chi connectivity index (χ3n) is 6.44. The number of aromatic nitrogens is 2. The summed E-state index contributed by atoms with van der Waals surface area (Å²) >= 11 is 0. The summed E-state index contributed by atoms with van der Waals surface area (Å²) in [7, 11) is 0. The second kappa shape index (κ2) is 10.2. The van der Waals surface area contributed by atoms with E-state index in [0.29, 0.717) is 41.8 Å². The Balaban J connectivity index is 1.97. The van der Waals surface area contributed by atoms with Crippen molar-refractivity contribution in [1.29, 1.82) is 0 Å². The summed E-state index contributed by atoms with van der Waals surface area (Å²) < 4.78 is 16.2. The van der Waals surface area contributed by atoms with Crippen molar-refractivity contribution >= 4 is 16.8 Å². The van der Waals surface area contributed by atoms with Crippen molar-refractivity contribution in [3.05, 3.63) is 105 Å². The highest BCUT2D eigenvalue weighted by Crippen LogP contribution is 2.28. The number of carbonyl (C=O) groups excluding carboxylic acids is 1. The molecule has 1 amide bonds. The van der Waals surface area contributed by atoms with Gasteiger partial charge < -0.3 is 4.90 Å². The number of rotatable bonds is 7. The SMILES string of the molecule is CCCN(C(=O)c1ccccc1F)C(CC)c1nc2ccccc2c(=O)n1-c1ccc(C)c(C)c1. The molecule has 0 saturated carbocycles. The Morgan fingerprint density at radius 2 is 1.71 bits per heavy atom. The van der Waals surface area contributed by atoms with Crippen LogP contribution in [0.25, 0.3) is 16.6 Å². The summed E-state index contributed by atoms with van der Waals surface area (Å²) in [5.74, 6) is -0.505. The fraction of sp³-hybridized carbons (Fsp3) is 0.276. The minimum atomic E-state index is -0.563. The number of nitrogens with zero attached hydrogens (tertiary/aromatic N) is 3. The normalized spacial score (nSPS) is 12.0. The molecule has 180 valence electrons. The monoisotopic (exact) mass is 471 g/mol. The molecule has 35 heavy (non-hydrogen) atoms. The van der Waals surface area contributed by atoms with Gasteiger partial charge in [0.1, 0.15) is 11.6 Å². The van der Waals surface area contributed by atoms with Gasteiger partial charge >= 0.3 is 0 Å². The Morgan fingerprint density at radius 3 is 2.40 bits per heavy atom. The molecule has 0 saturated heterocycles. The van der Waals surface area contributed by atoms with E-state index in [1.54, 1.807) is 33.7 Å². The molecule has 1 aromatic heterocycles. The fourth-order valence-corrected chi connectivity index (χ4v) is 4.46. The first-order chi connectivity index (χ1) is 16.9. The topological polar surface area (TPSA) is 55.2 Å². The van der Waals surface area contributed by atoms with Crippen molar-refractivity contribution in [3.8, 4) is 5.69 Å². The lowest BCUT2D eigenvalue weighted by atomic mass is 10.1. The highest BCUT2D eigenvalue weighted by atomic mass is 19.1. The summed E-state index contributed by atoms with van der Waals surface area (Å²) in [5.41, 5.74) is 3.25. The summed E-state index contributed by atoms with van der Waals surface area (Å²) in [6.07, 6.45) is 1.19. The van der Waals surface area contributed by atoms with Crippen LogP contribution in [-0.4, -0.2) is 26.9 Å². The maximum absolute atomic E-state index is 14.6. The largest absolute Gasteiger partial charge is 0.328 e. The second-order valence-electron chi connectivity index (χ2n) is 8.80. The maximum atomic E-state index is 14.6. The molecule has 3 aromatic carbocycles. The van der Waals surface area contributed by atoms with Gasteiger partial charge in [0.2, 0.25) is 0 Å². The van der Waals surface area contributed by atoms with Gasteiger partial charge in [0.05, 0.1) is 28.2 Å². The first kappa shape index (κ1) is 24.3. The zero-order valence-electron chi connectivity index (χ0n) is 20.6. The lowest BCUT2D eigenvalue weighted by molar-refractivity contribution is 0.0654. The number of benzene rings is 3. The van der Waals surface area contributed by atoms with E-state index >= 15 is 0 Å². The predicted octanol–water partition coefficient (Wildman–Crippen LogP) is 6.15. The Hall–Kier alpha value is -3.80. The first-order valence-electron chi connectivity index (χ1n) is 12.0. The number of hydrogen-bond donors (Lipinski definition) is 0. The van der Waals surface area contributed by atoms with Crippen molar-refractivity contribution in [2.45, 2.75) is 46.6 Å². The van der Waals surface area contributed by atoms with Gasteiger partial charge in [-0.15, -0.1) is 0 Å². The number of carbonyl (C=O) groups is 1. The Morgan fingerprint density at radius 1 is 1.00 bits per heavy atom. The lowest BCUT2D eigenvalue weighted by Crippen LogP contribution is -2.39. The summed E-state index contributed by atoms with van der Waals surface area (Å²) in [6.45, 7) is 8.35. The van der Waals surface area contributed by atoms with Crippen LogP contribution in [0.1, 0.15) is 60.0 Å². The highest BCUT2D eigenvalue weighted by molar-refractivity contribution is 5.94. The van der Waals surface area contributed by atoms with Gasteiger partial charge in [0.15, 0.2) is 0 Å². The maximum Gasteiger partial charge on any atom is 0.266 e. The first-order valence-corrected chi connectivity index (χ1v) is 12.0. The number of fused-ring (bicyclic) bond motifs is 1.